The van der Waals surface area contributed by atoms with Gasteiger partial charge in [-0.2, -0.15) is 0 Å². The van der Waals surface area contributed by atoms with Crippen molar-refractivity contribution in [3.8, 4) is 0 Å². The highest BCUT2D eigenvalue weighted by Gasteiger charge is 2.24. The topological polar surface area (TPSA) is 95.9 Å². The number of aliphatic hydroxyl groups is 2. The van der Waals surface area contributed by atoms with E-state index in [0.717, 1.165) is 70.6 Å². The molecule has 1 amide bonds. The summed E-state index contributed by atoms with van der Waals surface area (Å²) in [6, 6.07) is -0.714. The molecule has 0 aliphatic carbocycles. The molecule has 3 atom stereocenters. The monoisotopic (exact) mass is 812 g/mol. The van der Waals surface area contributed by atoms with E-state index < -0.39 is 18.2 Å². The Bertz CT molecular complexity index is 1050. The lowest BCUT2D eigenvalue weighted by atomic mass is 10.0. The molecule has 0 aliphatic rings. The van der Waals surface area contributed by atoms with E-state index in [1.807, 2.05) is 6.08 Å². The number of unbranched alkanes of at least 4 members (excludes halogenated alkanes) is 21. The fraction of sp³-hybridized carbons (Fsp3) is 0.769. The van der Waals surface area contributed by atoms with E-state index in [9.17, 15) is 19.8 Å². The number of ether oxygens (including phenoxy) is 1. The maximum absolute atomic E-state index is 13.1. The number of hydrogen-bond donors (Lipinski definition) is 3. The number of carbonyl (C=O) groups excluding carboxylic acids is 2. The largest absolute Gasteiger partial charge is 0.462 e. The molecule has 3 N–H and O–H groups in total. The second-order valence-corrected chi connectivity index (χ2v) is 16.5. The summed E-state index contributed by atoms with van der Waals surface area (Å²) >= 11 is 0. The highest BCUT2D eigenvalue weighted by Crippen LogP contribution is 2.17. The lowest BCUT2D eigenvalue weighted by Crippen LogP contribution is -2.46. The Balaban J connectivity index is 4.69. The molecule has 0 fully saturated rings. The van der Waals surface area contributed by atoms with Gasteiger partial charge in [0.1, 0.15) is 6.10 Å². The van der Waals surface area contributed by atoms with Crippen LogP contribution in [0.5, 0.6) is 0 Å². The number of amides is 1. The van der Waals surface area contributed by atoms with Crippen molar-refractivity contribution >= 4 is 11.9 Å². The minimum absolute atomic E-state index is 0.0487. The van der Waals surface area contributed by atoms with E-state index in [-0.39, 0.29) is 31.3 Å². The van der Waals surface area contributed by atoms with E-state index in [0.29, 0.717) is 19.3 Å². The van der Waals surface area contributed by atoms with E-state index >= 15 is 0 Å². The summed E-state index contributed by atoms with van der Waals surface area (Å²) in [5, 5.41) is 23.6. The van der Waals surface area contributed by atoms with Gasteiger partial charge in [-0.15, -0.1) is 0 Å². The minimum Gasteiger partial charge on any atom is -0.462 e. The van der Waals surface area contributed by atoms with Gasteiger partial charge in [-0.05, 0) is 57.8 Å². The number of nitrogens with one attached hydrogen (secondary N) is 1. The molecule has 0 aliphatic heterocycles. The van der Waals surface area contributed by atoms with E-state index in [4.69, 9.17) is 4.74 Å². The van der Waals surface area contributed by atoms with Crippen LogP contribution in [-0.4, -0.2) is 46.9 Å². The summed E-state index contributed by atoms with van der Waals surface area (Å²) in [4.78, 5) is 26.0. The van der Waals surface area contributed by atoms with Crippen molar-refractivity contribution in [1.29, 1.82) is 0 Å². The summed E-state index contributed by atoms with van der Waals surface area (Å²) in [7, 11) is 0. The summed E-state index contributed by atoms with van der Waals surface area (Å²) < 4.78 is 5.88. The molecule has 0 heterocycles. The number of allylic oxidation sites excluding steroid dienone is 10. The van der Waals surface area contributed by atoms with Crippen LogP contribution in [0.4, 0.5) is 0 Å². The van der Waals surface area contributed by atoms with Crippen molar-refractivity contribution in [2.75, 3.05) is 6.61 Å². The molecule has 0 aromatic heterocycles. The molecule has 0 bridgehead atoms. The van der Waals surface area contributed by atoms with Crippen LogP contribution < -0.4 is 5.32 Å². The molecule has 3 unspecified atom stereocenters. The Labute approximate surface area is 358 Å². The van der Waals surface area contributed by atoms with E-state index in [1.165, 1.54) is 109 Å². The van der Waals surface area contributed by atoms with Crippen LogP contribution >= 0.6 is 0 Å². The van der Waals surface area contributed by atoms with Gasteiger partial charge in [0.15, 0.2) is 0 Å². The predicted octanol–water partition coefficient (Wildman–Crippen LogP) is 14.5. The van der Waals surface area contributed by atoms with Crippen LogP contribution in [0.15, 0.2) is 60.8 Å². The van der Waals surface area contributed by atoms with Crippen molar-refractivity contribution in [3.63, 3.8) is 0 Å². The fourth-order valence-corrected chi connectivity index (χ4v) is 7.19. The standard InChI is InChI=1S/C52H93NO5/c1-4-7-10-13-16-19-21-23-25-26-28-30-33-36-39-42-45-52(57)58-48(43-40-37-34-32-29-27-24-22-20-17-14-11-8-5-2)46-51(56)53-49(47-54)50(55)44-41-38-35-31-18-15-12-9-6-3/h7,10,16,19,23,25,28,30,36,39,48-50,54-55H,4-6,8-9,11-15,17-18,20-22,24,26-27,29,31-35,37-38,40-47H2,1-3H3,(H,53,56)/b10-7+,19-16+,25-23+,30-28+,39-36+. The third-order valence-electron chi connectivity index (χ3n) is 10.9. The van der Waals surface area contributed by atoms with Crippen LogP contribution in [0.3, 0.4) is 0 Å². The molecule has 336 valence electrons. The summed E-state index contributed by atoms with van der Waals surface area (Å²) in [6.07, 6.45) is 55.8. The zero-order valence-electron chi connectivity index (χ0n) is 38.2. The fourth-order valence-electron chi connectivity index (χ4n) is 7.19. The average molecular weight is 812 g/mol. The molecular formula is C52H93NO5. The summed E-state index contributed by atoms with van der Waals surface area (Å²) in [5.74, 6) is -0.570. The smallest absolute Gasteiger partial charge is 0.306 e. The van der Waals surface area contributed by atoms with Crippen molar-refractivity contribution in [2.24, 2.45) is 0 Å². The third-order valence-corrected chi connectivity index (χ3v) is 10.9. The minimum atomic E-state index is -0.797. The zero-order chi connectivity index (χ0) is 42.4. The van der Waals surface area contributed by atoms with Crippen LogP contribution in [0, 0.1) is 0 Å². The van der Waals surface area contributed by atoms with E-state index in [2.05, 4.69) is 80.8 Å². The second-order valence-electron chi connectivity index (χ2n) is 16.5. The molecule has 0 aromatic rings. The molecule has 0 saturated carbocycles. The van der Waals surface area contributed by atoms with Gasteiger partial charge in [0.2, 0.25) is 5.91 Å². The van der Waals surface area contributed by atoms with Crippen molar-refractivity contribution < 1.29 is 24.5 Å². The molecule has 0 rings (SSSR count). The lowest BCUT2D eigenvalue weighted by molar-refractivity contribution is -0.150. The molecule has 0 radical (unpaired) electrons. The Morgan fingerprint density at radius 2 is 0.897 bits per heavy atom. The number of esters is 1. The molecular weight excluding hydrogens is 719 g/mol. The van der Waals surface area contributed by atoms with Gasteiger partial charge in [0.05, 0.1) is 25.2 Å². The van der Waals surface area contributed by atoms with Crippen molar-refractivity contribution in [1.82, 2.24) is 5.32 Å². The maximum atomic E-state index is 13.1. The molecule has 6 heteroatoms. The quantitative estimate of drug-likeness (QED) is 0.0324. The third kappa shape index (κ3) is 40.3. The zero-order valence-corrected chi connectivity index (χ0v) is 38.2. The van der Waals surface area contributed by atoms with Gasteiger partial charge in [-0.3, -0.25) is 9.59 Å². The van der Waals surface area contributed by atoms with Crippen molar-refractivity contribution in [2.45, 2.75) is 251 Å². The highest BCUT2D eigenvalue weighted by molar-refractivity contribution is 5.77. The summed E-state index contributed by atoms with van der Waals surface area (Å²) in [5.41, 5.74) is 0. The van der Waals surface area contributed by atoms with Gasteiger partial charge < -0.3 is 20.3 Å². The molecule has 0 spiro atoms. The first kappa shape index (κ1) is 55.6. The number of aliphatic hydroxyl groups excluding tert-OH is 2. The molecule has 0 saturated heterocycles. The Hall–Kier alpha value is -2.44. The van der Waals surface area contributed by atoms with Crippen molar-refractivity contribution in [3.05, 3.63) is 60.8 Å². The lowest BCUT2D eigenvalue weighted by Gasteiger charge is -2.24. The number of hydrogen-bond acceptors (Lipinski definition) is 5. The maximum Gasteiger partial charge on any atom is 0.306 e. The molecule has 0 aromatic carbocycles. The average Bonchev–Trinajstić information content (AvgIpc) is 3.22. The predicted molar refractivity (Wildman–Crippen MR) is 250 cm³/mol. The normalized spacial score (nSPS) is 13.8. The first-order valence-electron chi connectivity index (χ1n) is 24.5. The molecule has 6 nitrogen and oxygen atoms in total. The Kier molecular flexibility index (Phi) is 43.7. The number of carbonyl (C=O) groups is 2. The van der Waals surface area contributed by atoms with Crippen LogP contribution in [0.2, 0.25) is 0 Å². The van der Waals surface area contributed by atoms with Gasteiger partial charge in [0, 0.05) is 6.42 Å². The van der Waals surface area contributed by atoms with Gasteiger partial charge in [-0.1, -0.05) is 223 Å². The first-order chi connectivity index (χ1) is 28.5. The highest BCUT2D eigenvalue weighted by atomic mass is 16.5. The van der Waals surface area contributed by atoms with Crippen LogP contribution in [0.25, 0.3) is 0 Å². The van der Waals surface area contributed by atoms with E-state index in [1.54, 1.807) is 0 Å². The van der Waals surface area contributed by atoms with Gasteiger partial charge >= 0.3 is 5.97 Å². The van der Waals surface area contributed by atoms with Crippen LogP contribution in [-0.2, 0) is 14.3 Å². The van der Waals surface area contributed by atoms with Gasteiger partial charge in [0.25, 0.3) is 0 Å². The Morgan fingerprint density at radius 3 is 1.31 bits per heavy atom. The van der Waals surface area contributed by atoms with Crippen LogP contribution in [0.1, 0.15) is 233 Å². The Morgan fingerprint density at radius 1 is 0.517 bits per heavy atom. The molecule has 58 heavy (non-hydrogen) atoms. The number of rotatable bonds is 43. The first-order valence-corrected chi connectivity index (χ1v) is 24.5. The second kappa shape index (κ2) is 45.6. The van der Waals surface area contributed by atoms with Gasteiger partial charge in [-0.25, -0.2) is 0 Å². The summed E-state index contributed by atoms with van der Waals surface area (Å²) in [6.45, 7) is 6.33. The SMILES string of the molecule is CC/C=C/C/C=C/C/C=C/C/C=C/C/C=C/CCC(=O)OC(CCCCCCCCCCCCCCCC)CC(=O)NC(CO)C(O)CCCCCCCCCCC.